The van der Waals surface area contributed by atoms with Gasteiger partial charge in [-0.3, -0.25) is 0 Å². The number of anilines is 1. The van der Waals surface area contributed by atoms with E-state index >= 15 is 0 Å². The van der Waals surface area contributed by atoms with Gasteiger partial charge in [-0.15, -0.1) is 0 Å². The zero-order chi connectivity index (χ0) is 13.8. The molecule has 0 spiro atoms. The van der Waals surface area contributed by atoms with Gasteiger partial charge in [0, 0.05) is 12.7 Å². The summed E-state index contributed by atoms with van der Waals surface area (Å²) in [4.78, 5) is 4.23. The number of aromatic nitrogens is 2. The second-order valence-corrected chi connectivity index (χ2v) is 4.99. The average Bonchev–Trinajstić information content (AvgIpc) is 2.69. The van der Waals surface area contributed by atoms with Gasteiger partial charge in [0.05, 0.1) is 18.8 Å². The van der Waals surface area contributed by atoms with Crippen LogP contribution in [0.25, 0.3) is 0 Å². The van der Waals surface area contributed by atoms with Crippen molar-refractivity contribution in [1.29, 1.82) is 0 Å². The minimum atomic E-state index is 0.188. The van der Waals surface area contributed by atoms with E-state index in [-0.39, 0.29) is 6.10 Å². The first-order valence-corrected chi connectivity index (χ1v) is 6.60. The molecule has 1 N–H and O–H groups in total. The lowest BCUT2D eigenvalue weighted by atomic mass is 10.3. The lowest BCUT2D eigenvalue weighted by Gasteiger charge is -2.11. The summed E-state index contributed by atoms with van der Waals surface area (Å²) in [6.45, 7) is 4.65. The van der Waals surface area contributed by atoms with Crippen LogP contribution in [-0.2, 0) is 13.6 Å². The van der Waals surface area contributed by atoms with Gasteiger partial charge in [-0.1, -0.05) is 11.6 Å². The highest BCUT2D eigenvalue weighted by atomic mass is 35.5. The number of halogens is 1. The van der Waals surface area contributed by atoms with Gasteiger partial charge in [-0.2, -0.15) is 0 Å². The maximum absolute atomic E-state index is 5.94. The molecule has 0 atom stereocenters. The molecule has 1 aromatic carbocycles. The lowest BCUT2D eigenvalue weighted by Crippen LogP contribution is -2.07. The average molecular weight is 280 g/mol. The van der Waals surface area contributed by atoms with Crippen molar-refractivity contribution in [1.82, 2.24) is 9.55 Å². The number of hydrogen-bond acceptors (Lipinski definition) is 3. The molecule has 5 heteroatoms. The summed E-state index contributed by atoms with van der Waals surface area (Å²) in [7, 11) is 1.89. The minimum absolute atomic E-state index is 0.188. The van der Waals surface area contributed by atoms with Crippen LogP contribution in [0, 0.1) is 0 Å². The zero-order valence-corrected chi connectivity index (χ0v) is 12.1. The van der Waals surface area contributed by atoms with E-state index in [1.165, 1.54) is 0 Å². The molecule has 1 heterocycles. The smallest absolute Gasteiger partial charge is 0.128 e. The van der Waals surface area contributed by atoms with Gasteiger partial charge in [0.25, 0.3) is 0 Å². The van der Waals surface area contributed by atoms with Gasteiger partial charge in [0.15, 0.2) is 0 Å². The van der Waals surface area contributed by atoms with E-state index in [9.17, 15) is 0 Å². The fourth-order valence-electron chi connectivity index (χ4n) is 1.69. The van der Waals surface area contributed by atoms with E-state index in [0.717, 1.165) is 17.3 Å². The third kappa shape index (κ3) is 3.64. The van der Waals surface area contributed by atoms with Crippen LogP contribution in [0.3, 0.4) is 0 Å². The number of nitrogens with one attached hydrogen (secondary N) is 1. The number of hydrogen-bond donors (Lipinski definition) is 1. The molecule has 2 aromatic rings. The molecule has 4 nitrogen and oxygen atoms in total. The van der Waals surface area contributed by atoms with E-state index in [4.69, 9.17) is 16.3 Å². The number of benzene rings is 1. The standard InChI is InChI=1S/C14H18ClN3O/c1-10(2)19-12-6-4-11(5-7-12)16-9-14-17-8-13(15)18(14)3/h4-8,10,16H,9H2,1-3H3. The largest absolute Gasteiger partial charge is 0.491 e. The Kier molecular flexibility index (Phi) is 4.32. The fourth-order valence-corrected chi connectivity index (χ4v) is 1.84. The predicted octanol–water partition coefficient (Wildman–Crippen LogP) is 3.47. The lowest BCUT2D eigenvalue weighted by molar-refractivity contribution is 0.242. The Hall–Kier alpha value is -1.68. The van der Waals surface area contributed by atoms with E-state index in [0.29, 0.717) is 11.7 Å². The third-order valence-electron chi connectivity index (χ3n) is 2.70. The van der Waals surface area contributed by atoms with E-state index in [2.05, 4.69) is 10.3 Å². The first kappa shape index (κ1) is 13.7. The summed E-state index contributed by atoms with van der Waals surface area (Å²) in [5.74, 6) is 1.77. The molecule has 0 aliphatic heterocycles. The molecule has 0 bridgehead atoms. The van der Waals surface area contributed by atoms with Crippen molar-refractivity contribution in [2.45, 2.75) is 26.5 Å². The maximum atomic E-state index is 5.94. The summed E-state index contributed by atoms with van der Waals surface area (Å²) in [6.07, 6.45) is 1.84. The van der Waals surface area contributed by atoms with Gasteiger partial charge in [0.1, 0.15) is 16.7 Å². The molecule has 0 radical (unpaired) electrons. The van der Waals surface area contributed by atoms with Crippen molar-refractivity contribution in [3.05, 3.63) is 41.4 Å². The van der Waals surface area contributed by atoms with Crippen molar-refractivity contribution < 1.29 is 4.74 Å². The highest BCUT2D eigenvalue weighted by Crippen LogP contribution is 2.18. The van der Waals surface area contributed by atoms with Crippen LogP contribution in [0.4, 0.5) is 5.69 Å². The molecular weight excluding hydrogens is 262 g/mol. The summed E-state index contributed by atoms with van der Waals surface area (Å²) in [5, 5.41) is 3.93. The van der Waals surface area contributed by atoms with Gasteiger partial charge in [-0.25, -0.2) is 4.98 Å². The van der Waals surface area contributed by atoms with E-state index < -0.39 is 0 Å². The second-order valence-electron chi connectivity index (χ2n) is 4.60. The Morgan fingerprint density at radius 1 is 1.32 bits per heavy atom. The zero-order valence-electron chi connectivity index (χ0n) is 11.4. The molecule has 102 valence electrons. The van der Waals surface area contributed by atoms with Gasteiger partial charge < -0.3 is 14.6 Å². The Bertz CT molecular complexity index is 534. The highest BCUT2D eigenvalue weighted by molar-refractivity contribution is 6.29. The fraction of sp³-hybridized carbons (Fsp3) is 0.357. The van der Waals surface area contributed by atoms with Crippen LogP contribution in [0.2, 0.25) is 5.15 Å². The molecule has 19 heavy (non-hydrogen) atoms. The van der Waals surface area contributed by atoms with Crippen LogP contribution in [0.1, 0.15) is 19.7 Å². The topological polar surface area (TPSA) is 39.1 Å². The van der Waals surface area contributed by atoms with Crippen molar-refractivity contribution in [3.63, 3.8) is 0 Å². The SMILES string of the molecule is CC(C)Oc1ccc(NCc2ncc(Cl)n2C)cc1. The van der Waals surface area contributed by atoms with Crippen LogP contribution in [0.5, 0.6) is 5.75 Å². The van der Waals surface area contributed by atoms with E-state index in [1.54, 1.807) is 6.20 Å². The number of ether oxygens (including phenoxy) is 1. The van der Waals surface area contributed by atoms with Crippen molar-refractivity contribution >= 4 is 17.3 Å². The molecule has 0 saturated carbocycles. The molecular formula is C14H18ClN3O. The third-order valence-corrected chi connectivity index (χ3v) is 3.06. The Balaban J connectivity index is 1.95. The first-order chi connectivity index (χ1) is 9.06. The molecule has 1 aromatic heterocycles. The van der Waals surface area contributed by atoms with Crippen molar-refractivity contribution in [2.75, 3.05) is 5.32 Å². The maximum Gasteiger partial charge on any atom is 0.128 e. The van der Waals surface area contributed by atoms with Gasteiger partial charge in [0.2, 0.25) is 0 Å². The Morgan fingerprint density at radius 3 is 2.53 bits per heavy atom. The Labute approximate surface area is 118 Å². The summed E-state index contributed by atoms with van der Waals surface area (Å²) >= 11 is 5.94. The number of rotatable bonds is 5. The molecule has 0 unspecified atom stereocenters. The molecule has 0 aliphatic carbocycles. The van der Waals surface area contributed by atoms with Gasteiger partial charge in [-0.05, 0) is 38.1 Å². The molecule has 0 aliphatic rings. The summed E-state index contributed by atoms with van der Waals surface area (Å²) in [5.41, 5.74) is 1.02. The predicted molar refractivity (Wildman–Crippen MR) is 77.8 cm³/mol. The van der Waals surface area contributed by atoms with Gasteiger partial charge >= 0.3 is 0 Å². The second kappa shape index (κ2) is 5.97. The van der Waals surface area contributed by atoms with Crippen LogP contribution in [-0.4, -0.2) is 15.7 Å². The van der Waals surface area contributed by atoms with Crippen LogP contribution >= 0.6 is 11.6 Å². The van der Waals surface area contributed by atoms with Crippen LogP contribution in [0.15, 0.2) is 30.5 Å². The van der Waals surface area contributed by atoms with Crippen LogP contribution < -0.4 is 10.1 Å². The molecule has 0 saturated heterocycles. The number of imidazole rings is 1. The first-order valence-electron chi connectivity index (χ1n) is 6.23. The molecule has 0 amide bonds. The van der Waals surface area contributed by atoms with Crippen molar-refractivity contribution in [2.24, 2.45) is 7.05 Å². The summed E-state index contributed by atoms with van der Waals surface area (Å²) in [6, 6.07) is 7.88. The molecule has 2 rings (SSSR count). The monoisotopic (exact) mass is 279 g/mol. The molecule has 0 fully saturated rings. The minimum Gasteiger partial charge on any atom is -0.491 e. The normalized spacial score (nSPS) is 10.8. The quantitative estimate of drug-likeness (QED) is 0.911. The summed E-state index contributed by atoms with van der Waals surface area (Å²) < 4.78 is 7.44. The highest BCUT2D eigenvalue weighted by Gasteiger charge is 2.04. The Morgan fingerprint density at radius 2 is 2.00 bits per heavy atom. The van der Waals surface area contributed by atoms with E-state index in [1.807, 2.05) is 49.7 Å². The number of nitrogens with zero attached hydrogens (tertiary/aromatic N) is 2. The van der Waals surface area contributed by atoms with Crippen molar-refractivity contribution in [3.8, 4) is 5.75 Å².